The van der Waals surface area contributed by atoms with Crippen LogP contribution in [0.3, 0.4) is 0 Å². The maximum absolute atomic E-state index is 2.54. The SMILES string of the molecule is CCCCCCCC(C)(CCCCC)SCCC(C)C. The van der Waals surface area contributed by atoms with Crippen LogP contribution in [0.2, 0.25) is 0 Å². The van der Waals surface area contributed by atoms with Crippen LogP contribution in [0.1, 0.15) is 105 Å². The van der Waals surface area contributed by atoms with Crippen molar-refractivity contribution in [1.82, 2.24) is 0 Å². The van der Waals surface area contributed by atoms with Crippen molar-refractivity contribution in [2.45, 2.75) is 110 Å². The van der Waals surface area contributed by atoms with Crippen molar-refractivity contribution in [2.75, 3.05) is 5.75 Å². The molecule has 0 amide bonds. The second-order valence-corrected chi connectivity index (χ2v) is 8.78. The first kappa shape index (κ1) is 20.3. The predicted octanol–water partition coefficient (Wildman–Crippen LogP) is 7.47. The van der Waals surface area contributed by atoms with Crippen molar-refractivity contribution >= 4 is 11.8 Å². The zero-order chi connectivity index (χ0) is 15.3. The first-order chi connectivity index (χ1) is 9.54. The molecule has 0 spiro atoms. The normalized spacial score (nSPS) is 14.7. The van der Waals surface area contributed by atoms with E-state index in [9.17, 15) is 0 Å². The van der Waals surface area contributed by atoms with Crippen LogP contribution in [0.4, 0.5) is 0 Å². The summed E-state index contributed by atoms with van der Waals surface area (Å²) in [6, 6.07) is 0. The Kier molecular flexibility index (Phi) is 13.3. The smallest absolute Gasteiger partial charge is 0.0131 e. The highest BCUT2D eigenvalue weighted by molar-refractivity contribution is 8.00. The molecule has 0 saturated carbocycles. The molecule has 0 saturated heterocycles. The molecule has 0 aliphatic heterocycles. The van der Waals surface area contributed by atoms with Crippen LogP contribution in [0, 0.1) is 5.92 Å². The second-order valence-electron chi connectivity index (χ2n) is 7.10. The second kappa shape index (κ2) is 13.0. The van der Waals surface area contributed by atoms with Gasteiger partial charge in [0.1, 0.15) is 0 Å². The minimum Gasteiger partial charge on any atom is -0.155 e. The summed E-state index contributed by atoms with van der Waals surface area (Å²) in [7, 11) is 0. The van der Waals surface area contributed by atoms with Gasteiger partial charge in [0.05, 0.1) is 0 Å². The van der Waals surface area contributed by atoms with E-state index < -0.39 is 0 Å². The number of rotatable bonds is 14. The third-order valence-electron chi connectivity index (χ3n) is 4.26. The molecule has 0 aromatic rings. The van der Waals surface area contributed by atoms with Crippen molar-refractivity contribution < 1.29 is 0 Å². The molecule has 0 aliphatic carbocycles. The number of thioether (sulfide) groups is 1. The fourth-order valence-corrected chi connectivity index (χ4v) is 4.32. The summed E-state index contributed by atoms with van der Waals surface area (Å²) in [5, 5.41) is 0. The standard InChI is InChI=1S/C19H40S/c1-6-8-10-11-13-16-19(5,15-12-9-7-2)20-17-14-18(3)4/h18H,6-17H2,1-5H3. The molecule has 0 rings (SSSR count). The van der Waals surface area contributed by atoms with Crippen molar-refractivity contribution in [2.24, 2.45) is 5.92 Å². The average Bonchev–Trinajstić information content (AvgIpc) is 2.38. The van der Waals surface area contributed by atoms with Gasteiger partial charge in [0.2, 0.25) is 0 Å². The van der Waals surface area contributed by atoms with Gasteiger partial charge in [0.25, 0.3) is 0 Å². The summed E-state index contributed by atoms with van der Waals surface area (Å²) in [5.41, 5.74) is 0. The van der Waals surface area contributed by atoms with Crippen LogP contribution in [-0.4, -0.2) is 10.5 Å². The fraction of sp³-hybridized carbons (Fsp3) is 1.00. The van der Waals surface area contributed by atoms with E-state index in [4.69, 9.17) is 0 Å². The Morgan fingerprint density at radius 3 is 1.85 bits per heavy atom. The van der Waals surface area contributed by atoms with Gasteiger partial charge in [-0.3, -0.25) is 0 Å². The Morgan fingerprint density at radius 1 is 0.800 bits per heavy atom. The first-order valence-electron chi connectivity index (χ1n) is 9.18. The van der Waals surface area contributed by atoms with Crippen LogP contribution in [0.5, 0.6) is 0 Å². The lowest BCUT2D eigenvalue weighted by molar-refractivity contribution is 0.474. The van der Waals surface area contributed by atoms with E-state index in [0.29, 0.717) is 4.75 Å². The Balaban J connectivity index is 4.01. The van der Waals surface area contributed by atoms with Crippen molar-refractivity contribution in [3.8, 4) is 0 Å². The van der Waals surface area contributed by atoms with E-state index in [2.05, 4.69) is 46.4 Å². The van der Waals surface area contributed by atoms with Gasteiger partial charge in [-0.05, 0) is 30.9 Å². The lowest BCUT2D eigenvalue weighted by atomic mass is 9.95. The van der Waals surface area contributed by atoms with Crippen molar-refractivity contribution in [1.29, 1.82) is 0 Å². The predicted molar refractivity (Wildman–Crippen MR) is 97.8 cm³/mol. The Labute approximate surface area is 133 Å². The molecule has 1 atom stereocenters. The molecular formula is C19H40S. The van der Waals surface area contributed by atoms with E-state index >= 15 is 0 Å². The molecule has 0 heterocycles. The van der Waals surface area contributed by atoms with E-state index in [1.165, 1.54) is 76.4 Å². The van der Waals surface area contributed by atoms with Crippen LogP contribution in [0.25, 0.3) is 0 Å². The van der Waals surface area contributed by atoms with Crippen LogP contribution in [0.15, 0.2) is 0 Å². The van der Waals surface area contributed by atoms with Crippen molar-refractivity contribution in [3.05, 3.63) is 0 Å². The lowest BCUT2D eigenvalue weighted by Gasteiger charge is -2.30. The molecule has 0 aromatic heterocycles. The summed E-state index contributed by atoms with van der Waals surface area (Å²) >= 11 is 2.27. The van der Waals surface area contributed by atoms with E-state index in [0.717, 1.165) is 5.92 Å². The maximum atomic E-state index is 2.54. The van der Waals surface area contributed by atoms with E-state index in [1.54, 1.807) is 0 Å². The first-order valence-corrected chi connectivity index (χ1v) is 10.2. The molecule has 0 aliphatic rings. The Hall–Kier alpha value is 0.350. The zero-order valence-corrected chi connectivity index (χ0v) is 15.8. The van der Waals surface area contributed by atoms with Crippen LogP contribution < -0.4 is 0 Å². The molecule has 122 valence electrons. The molecule has 1 heteroatoms. The van der Waals surface area contributed by atoms with Crippen LogP contribution in [-0.2, 0) is 0 Å². The molecule has 0 bridgehead atoms. The minimum absolute atomic E-state index is 0.552. The third kappa shape index (κ3) is 12.1. The lowest BCUT2D eigenvalue weighted by Crippen LogP contribution is -2.21. The number of hydrogen-bond donors (Lipinski definition) is 0. The molecule has 0 fully saturated rings. The van der Waals surface area contributed by atoms with E-state index in [1.807, 2.05) is 0 Å². The van der Waals surface area contributed by atoms with Crippen molar-refractivity contribution in [3.63, 3.8) is 0 Å². The van der Waals surface area contributed by atoms with Gasteiger partial charge in [-0.25, -0.2) is 0 Å². The topological polar surface area (TPSA) is 0 Å². The maximum Gasteiger partial charge on any atom is 0.0131 e. The highest BCUT2D eigenvalue weighted by Gasteiger charge is 2.23. The third-order valence-corrected chi connectivity index (χ3v) is 5.81. The molecule has 20 heavy (non-hydrogen) atoms. The van der Waals surface area contributed by atoms with Gasteiger partial charge in [-0.1, -0.05) is 86.0 Å². The summed E-state index contributed by atoms with van der Waals surface area (Å²) in [6.07, 6.45) is 15.5. The minimum atomic E-state index is 0.552. The molecule has 0 radical (unpaired) electrons. The summed E-state index contributed by atoms with van der Waals surface area (Å²) in [5.74, 6) is 2.21. The fourth-order valence-electron chi connectivity index (χ4n) is 2.66. The summed E-state index contributed by atoms with van der Waals surface area (Å²) < 4.78 is 0.552. The quantitative estimate of drug-likeness (QED) is 0.300. The average molecular weight is 301 g/mol. The summed E-state index contributed by atoms with van der Waals surface area (Å²) in [6.45, 7) is 11.8. The zero-order valence-electron chi connectivity index (χ0n) is 15.0. The Morgan fingerprint density at radius 2 is 1.30 bits per heavy atom. The number of unbranched alkanes of at least 4 members (excludes halogenated alkanes) is 6. The van der Waals surface area contributed by atoms with Gasteiger partial charge in [0.15, 0.2) is 0 Å². The van der Waals surface area contributed by atoms with Gasteiger partial charge in [-0.15, -0.1) is 0 Å². The monoisotopic (exact) mass is 300 g/mol. The summed E-state index contributed by atoms with van der Waals surface area (Å²) in [4.78, 5) is 0. The molecule has 0 nitrogen and oxygen atoms in total. The largest absolute Gasteiger partial charge is 0.155 e. The van der Waals surface area contributed by atoms with Gasteiger partial charge >= 0.3 is 0 Å². The highest BCUT2D eigenvalue weighted by atomic mass is 32.2. The molecule has 0 aromatic carbocycles. The number of hydrogen-bond acceptors (Lipinski definition) is 1. The molecular weight excluding hydrogens is 260 g/mol. The van der Waals surface area contributed by atoms with Gasteiger partial charge in [0, 0.05) is 4.75 Å². The van der Waals surface area contributed by atoms with E-state index in [-0.39, 0.29) is 0 Å². The molecule has 1 unspecified atom stereocenters. The van der Waals surface area contributed by atoms with Gasteiger partial charge in [-0.2, -0.15) is 11.8 Å². The van der Waals surface area contributed by atoms with Crippen LogP contribution >= 0.6 is 11.8 Å². The van der Waals surface area contributed by atoms with Gasteiger partial charge < -0.3 is 0 Å². The Bertz CT molecular complexity index is 200. The highest BCUT2D eigenvalue weighted by Crippen LogP contribution is 2.36. The molecule has 0 N–H and O–H groups in total.